The third-order valence-electron chi connectivity index (χ3n) is 4.89. The molecule has 3 nitrogen and oxygen atoms in total. The van der Waals surface area contributed by atoms with E-state index >= 15 is 0 Å². The fourth-order valence-corrected chi connectivity index (χ4v) is 3.55. The van der Waals surface area contributed by atoms with Crippen LogP contribution < -0.4 is 10.1 Å². The molecule has 1 heterocycles. The van der Waals surface area contributed by atoms with Crippen LogP contribution in [0.5, 0.6) is 5.75 Å². The Morgan fingerprint density at radius 2 is 2.10 bits per heavy atom. The van der Waals surface area contributed by atoms with Crippen LogP contribution in [-0.2, 0) is 4.74 Å². The fourth-order valence-electron chi connectivity index (χ4n) is 3.55. The minimum atomic E-state index is 0.270. The van der Waals surface area contributed by atoms with Crippen LogP contribution in [0.1, 0.15) is 32.6 Å². The monoisotopic (exact) mass is 289 g/mol. The summed E-state index contributed by atoms with van der Waals surface area (Å²) in [7, 11) is 0. The van der Waals surface area contributed by atoms with Gasteiger partial charge in [-0.25, -0.2) is 0 Å². The van der Waals surface area contributed by atoms with Crippen LogP contribution in [0.25, 0.3) is 0 Å². The number of ether oxygens (including phenoxy) is 2. The van der Waals surface area contributed by atoms with Crippen molar-refractivity contribution in [3.8, 4) is 5.75 Å². The molecule has 0 radical (unpaired) electrons. The second-order valence-corrected chi connectivity index (χ2v) is 6.43. The van der Waals surface area contributed by atoms with Crippen molar-refractivity contribution in [2.45, 2.75) is 38.7 Å². The summed E-state index contributed by atoms with van der Waals surface area (Å²) in [6.07, 6.45) is 5.38. The molecule has 1 saturated carbocycles. The lowest BCUT2D eigenvalue weighted by Crippen LogP contribution is -2.43. The van der Waals surface area contributed by atoms with Crippen LogP contribution in [0.2, 0.25) is 0 Å². The molecule has 2 aliphatic rings. The van der Waals surface area contributed by atoms with Crippen molar-refractivity contribution in [3.63, 3.8) is 0 Å². The standard InChI is InChI=1S/C18H27NO2/c1-2-19-14-18(11-13-21-17(18)15-8-9-15)10-12-20-16-6-4-3-5-7-16/h3-7,15,17,19H,2,8-14H2,1H3. The third kappa shape index (κ3) is 3.58. The molecule has 1 aromatic rings. The van der Waals surface area contributed by atoms with E-state index in [-0.39, 0.29) is 5.41 Å². The molecule has 0 aromatic heterocycles. The molecule has 3 heteroatoms. The minimum absolute atomic E-state index is 0.270. The average molecular weight is 289 g/mol. The highest BCUT2D eigenvalue weighted by molar-refractivity contribution is 5.20. The molecule has 1 N–H and O–H groups in total. The predicted molar refractivity (Wildman–Crippen MR) is 84.6 cm³/mol. The average Bonchev–Trinajstić information content (AvgIpc) is 3.28. The normalized spacial score (nSPS) is 28.7. The van der Waals surface area contributed by atoms with E-state index in [9.17, 15) is 0 Å². The Hall–Kier alpha value is -1.06. The van der Waals surface area contributed by atoms with E-state index in [0.29, 0.717) is 6.10 Å². The van der Waals surface area contributed by atoms with E-state index in [1.54, 1.807) is 0 Å². The second kappa shape index (κ2) is 6.80. The quantitative estimate of drug-likeness (QED) is 0.797. The zero-order valence-corrected chi connectivity index (χ0v) is 13.0. The maximum Gasteiger partial charge on any atom is 0.119 e. The van der Waals surface area contributed by atoms with Gasteiger partial charge in [-0.05, 0) is 50.3 Å². The maximum absolute atomic E-state index is 6.10. The van der Waals surface area contributed by atoms with E-state index in [4.69, 9.17) is 9.47 Å². The summed E-state index contributed by atoms with van der Waals surface area (Å²) in [6.45, 7) is 5.96. The molecule has 1 aliphatic carbocycles. The van der Waals surface area contributed by atoms with Gasteiger partial charge in [0, 0.05) is 18.6 Å². The molecule has 0 spiro atoms. The van der Waals surface area contributed by atoms with Crippen molar-refractivity contribution in [1.29, 1.82) is 0 Å². The highest BCUT2D eigenvalue weighted by atomic mass is 16.5. The van der Waals surface area contributed by atoms with Gasteiger partial charge in [0.1, 0.15) is 5.75 Å². The molecular formula is C18H27NO2. The SMILES string of the molecule is CCNCC1(CCOc2ccccc2)CCOC1C1CC1. The molecule has 0 bridgehead atoms. The number of nitrogens with one attached hydrogen (secondary N) is 1. The largest absolute Gasteiger partial charge is 0.494 e. The van der Waals surface area contributed by atoms with Gasteiger partial charge in [0.05, 0.1) is 12.7 Å². The molecule has 1 aliphatic heterocycles. The van der Waals surface area contributed by atoms with E-state index in [0.717, 1.165) is 44.4 Å². The molecule has 116 valence electrons. The molecule has 3 rings (SSSR count). The maximum atomic E-state index is 6.10. The van der Waals surface area contributed by atoms with E-state index in [1.165, 1.54) is 19.3 Å². The van der Waals surface area contributed by atoms with Crippen LogP contribution in [0.3, 0.4) is 0 Å². The van der Waals surface area contributed by atoms with E-state index in [2.05, 4.69) is 12.2 Å². The molecular weight excluding hydrogens is 262 g/mol. The highest BCUT2D eigenvalue weighted by Gasteiger charge is 2.50. The molecule has 0 amide bonds. The second-order valence-electron chi connectivity index (χ2n) is 6.43. The van der Waals surface area contributed by atoms with Crippen molar-refractivity contribution >= 4 is 0 Å². The van der Waals surface area contributed by atoms with Crippen LogP contribution >= 0.6 is 0 Å². The molecule has 1 saturated heterocycles. The van der Waals surface area contributed by atoms with E-state index < -0.39 is 0 Å². The Labute approximate surface area is 128 Å². The first kappa shape index (κ1) is 14.9. The van der Waals surface area contributed by atoms with Crippen molar-refractivity contribution in [3.05, 3.63) is 30.3 Å². The van der Waals surface area contributed by atoms with Crippen molar-refractivity contribution in [1.82, 2.24) is 5.32 Å². The first-order valence-corrected chi connectivity index (χ1v) is 8.34. The van der Waals surface area contributed by atoms with Gasteiger partial charge in [-0.3, -0.25) is 0 Å². The summed E-state index contributed by atoms with van der Waals surface area (Å²) in [4.78, 5) is 0. The van der Waals surface area contributed by atoms with E-state index in [1.807, 2.05) is 30.3 Å². The Morgan fingerprint density at radius 1 is 1.29 bits per heavy atom. The minimum Gasteiger partial charge on any atom is -0.494 e. The van der Waals surface area contributed by atoms with Gasteiger partial charge in [0.2, 0.25) is 0 Å². The van der Waals surface area contributed by atoms with Gasteiger partial charge >= 0.3 is 0 Å². The summed E-state index contributed by atoms with van der Waals surface area (Å²) in [5.74, 6) is 1.76. The lowest BCUT2D eigenvalue weighted by Gasteiger charge is -2.34. The van der Waals surface area contributed by atoms with Crippen molar-refractivity contribution in [2.24, 2.45) is 11.3 Å². The topological polar surface area (TPSA) is 30.5 Å². The van der Waals surface area contributed by atoms with Gasteiger partial charge in [-0.15, -0.1) is 0 Å². The number of hydrogen-bond acceptors (Lipinski definition) is 3. The Kier molecular flexibility index (Phi) is 4.81. The Balaban J connectivity index is 1.59. The summed E-state index contributed by atoms with van der Waals surface area (Å²) in [5.41, 5.74) is 0.270. The molecule has 2 fully saturated rings. The van der Waals surface area contributed by atoms with Gasteiger partial charge in [-0.1, -0.05) is 25.1 Å². The Bertz CT molecular complexity index is 432. The van der Waals surface area contributed by atoms with Gasteiger partial charge in [-0.2, -0.15) is 0 Å². The summed E-state index contributed by atoms with van der Waals surface area (Å²) in [6, 6.07) is 10.1. The molecule has 2 atom stereocenters. The van der Waals surface area contributed by atoms with Crippen molar-refractivity contribution < 1.29 is 9.47 Å². The van der Waals surface area contributed by atoms with Gasteiger partial charge in [0.15, 0.2) is 0 Å². The molecule has 2 unspecified atom stereocenters. The van der Waals surface area contributed by atoms with Crippen LogP contribution in [-0.4, -0.2) is 32.4 Å². The van der Waals surface area contributed by atoms with Crippen molar-refractivity contribution in [2.75, 3.05) is 26.3 Å². The van der Waals surface area contributed by atoms with Crippen LogP contribution in [0.15, 0.2) is 30.3 Å². The number of hydrogen-bond donors (Lipinski definition) is 1. The fraction of sp³-hybridized carbons (Fsp3) is 0.667. The first-order valence-electron chi connectivity index (χ1n) is 8.34. The molecule has 1 aromatic carbocycles. The number of para-hydroxylation sites is 1. The Morgan fingerprint density at radius 3 is 2.81 bits per heavy atom. The zero-order chi connectivity index (χ0) is 14.5. The van der Waals surface area contributed by atoms with Gasteiger partial charge < -0.3 is 14.8 Å². The third-order valence-corrected chi connectivity index (χ3v) is 4.89. The summed E-state index contributed by atoms with van der Waals surface area (Å²) < 4.78 is 12.0. The smallest absolute Gasteiger partial charge is 0.119 e. The highest BCUT2D eigenvalue weighted by Crippen LogP contribution is 2.49. The summed E-state index contributed by atoms with van der Waals surface area (Å²) >= 11 is 0. The lowest BCUT2D eigenvalue weighted by atomic mass is 9.76. The number of benzene rings is 1. The summed E-state index contributed by atoms with van der Waals surface area (Å²) in [5, 5.41) is 3.56. The van der Waals surface area contributed by atoms with Crippen LogP contribution in [0, 0.1) is 11.3 Å². The molecule has 21 heavy (non-hydrogen) atoms. The van der Waals surface area contributed by atoms with Gasteiger partial charge in [0.25, 0.3) is 0 Å². The predicted octanol–water partition coefficient (Wildman–Crippen LogP) is 3.25. The lowest BCUT2D eigenvalue weighted by molar-refractivity contribution is 0.0205. The first-order chi connectivity index (χ1) is 10.3. The van der Waals surface area contributed by atoms with Crippen LogP contribution in [0.4, 0.5) is 0 Å². The zero-order valence-electron chi connectivity index (χ0n) is 13.0. The number of rotatable bonds is 8.